The minimum absolute atomic E-state index is 0.389. The molecule has 0 saturated carbocycles. The van der Waals surface area contributed by atoms with Crippen LogP contribution in [-0.4, -0.2) is 67.4 Å². The maximum Gasteiger partial charge on any atom is 0.227 e. The first-order valence-corrected chi connectivity index (χ1v) is 10.3. The second-order valence-corrected chi connectivity index (χ2v) is 7.83. The molecule has 2 saturated heterocycles. The molecule has 4 rings (SSSR count). The van der Waals surface area contributed by atoms with E-state index in [1.165, 1.54) is 0 Å². The summed E-state index contributed by atoms with van der Waals surface area (Å²) in [6.07, 6.45) is 6.00. The van der Waals surface area contributed by atoms with Crippen molar-refractivity contribution in [2.24, 2.45) is 0 Å². The summed E-state index contributed by atoms with van der Waals surface area (Å²) in [5.74, 6) is 2.79. The number of morpholine rings is 1. The van der Waals surface area contributed by atoms with Gasteiger partial charge in [-0.1, -0.05) is 0 Å². The van der Waals surface area contributed by atoms with Crippen LogP contribution in [0.15, 0.2) is 35.1 Å². The van der Waals surface area contributed by atoms with Gasteiger partial charge in [-0.25, -0.2) is 9.97 Å². The Kier molecular flexibility index (Phi) is 5.73. The molecule has 0 aromatic carbocycles. The molecule has 0 amide bonds. The van der Waals surface area contributed by atoms with Gasteiger partial charge in [0, 0.05) is 51.7 Å². The third-order valence-corrected chi connectivity index (χ3v) is 5.89. The number of halogens is 1. The summed E-state index contributed by atoms with van der Waals surface area (Å²) in [6.45, 7) is 5.13. The minimum atomic E-state index is 0.389. The minimum Gasteiger partial charge on any atom is -0.378 e. The Morgan fingerprint density at radius 1 is 1.11 bits per heavy atom. The smallest absolute Gasteiger partial charge is 0.227 e. The average molecular weight is 433 g/mol. The highest BCUT2D eigenvalue weighted by atomic mass is 79.9. The molecule has 0 aliphatic carbocycles. The SMILES string of the molecule is CN(c1ccnc(N2CCOCC2)n1)C1CCCN(c2ncccc2Br)C1. The van der Waals surface area contributed by atoms with Crippen LogP contribution in [0.2, 0.25) is 0 Å². The van der Waals surface area contributed by atoms with Gasteiger partial charge in [-0.15, -0.1) is 0 Å². The van der Waals surface area contributed by atoms with Crippen LogP contribution in [-0.2, 0) is 4.74 Å². The molecule has 1 unspecified atom stereocenters. The number of rotatable bonds is 4. The molecule has 2 fully saturated rings. The van der Waals surface area contributed by atoms with Crippen LogP contribution >= 0.6 is 15.9 Å². The fourth-order valence-electron chi connectivity index (χ4n) is 3.71. The lowest BCUT2D eigenvalue weighted by Gasteiger charge is -2.39. The van der Waals surface area contributed by atoms with E-state index in [9.17, 15) is 0 Å². The molecule has 0 radical (unpaired) electrons. The monoisotopic (exact) mass is 432 g/mol. The zero-order chi connectivity index (χ0) is 18.6. The average Bonchev–Trinajstić information content (AvgIpc) is 2.74. The van der Waals surface area contributed by atoms with Crippen molar-refractivity contribution < 1.29 is 4.74 Å². The van der Waals surface area contributed by atoms with Gasteiger partial charge in [-0.3, -0.25) is 0 Å². The molecule has 0 spiro atoms. The summed E-state index contributed by atoms with van der Waals surface area (Å²) in [4.78, 5) is 20.7. The van der Waals surface area contributed by atoms with Crippen LogP contribution in [0.4, 0.5) is 17.6 Å². The molecule has 2 aromatic rings. The van der Waals surface area contributed by atoms with E-state index in [0.29, 0.717) is 6.04 Å². The van der Waals surface area contributed by atoms with Crippen LogP contribution < -0.4 is 14.7 Å². The normalized spacial score (nSPS) is 20.6. The molecular weight excluding hydrogens is 408 g/mol. The number of hydrogen-bond acceptors (Lipinski definition) is 7. The second-order valence-electron chi connectivity index (χ2n) is 6.98. The molecule has 8 heteroatoms. The summed E-state index contributed by atoms with van der Waals surface area (Å²) in [6, 6.07) is 6.39. The van der Waals surface area contributed by atoms with Gasteiger partial charge in [0.2, 0.25) is 5.95 Å². The van der Waals surface area contributed by atoms with E-state index >= 15 is 0 Å². The summed E-state index contributed by atoms with van der Waals surface area (Å²) in [5, 5.41) is 0. The van der Waals surface area contributed by atoms with E-state index in [1.54, 1.807) is 0 Å². The molecule has 1 atom stereocenters. The predicted octanol–water partition coefficient (Wildman–Crippen LogP) is 2.58. The largest absolute Gasteiger partial charge is 0.378 e. The Labute approximate surface area is 168 Å². The Bertz CT molecular complexity index is 769. The van der Waals surface area contributed by atoms with Crippen LogP contribution in [0, 0.1) is 0 Å². The third kappa shape index (κ3) is 4.16. The molecule has 144 valence electrons. The quantitative estimate of drug-likeness (QED) is 0.735. The Morgan fingerprint density at radius 3 is 2.78 bits per heavy atom. The lowest BCUT2D eigenvalue weighted by atomic mass is 10.0. The van der Waals surface area contributed by atoms with Crippen LogP contribution in [0.3, 0.4) is 0 Å². The van der Waals surface area contributed by atoms with E-state index in [0.717, 1.165) is 74.3 Å². The van der Waals surface area contributed by atoms with E-state index in [4.69, 9.17) is 9.72 Å². The van der Waals surface area contributed by atoms with Crippen LogP contribution in [0.5, 0.6) is 0 Å². The summed E-state index contributed by atoms with van der Waals surface area (Å²) >= 11 is 3.63. The molecule has 2 aromatic heterocycles. The molecule has 27 heavy (non-hydrogen) atoms. The molecule has 0 bridgehead atoms. The van der Waals surface area contributed by atoms with Crippen molar-refractivity contribution in [2.75, 3.05) is 61.1 Å². The number of pyridine rings is 1. The van der Waals surface area contributed by atoms with Crippen molar-refractivity contribution in [3.63, 3.8) is 0 Å². The maximum absolute atomic E-state index is 5.43. The van der Waals surface area contributed by atoms with E-state index in [-0.39, 0.29) is 0 Å². The zero-order valence-electron chi connectivity index (χ0n) is 15.6. The number of piperidine rings is 1. The highest BCUT2D eigenvalue weighted by Crippen LogP contribution is 2.28. The Morgan fingerprint density at radius 2 is 1.96 bits per heavy atom. The highest BCUT2D eigenvalue weighted by Gasteiger charge is 2.26. The first-order valence-electron chi connectivity index (χ1n) is 9.46. The number of ether oxygens (including phenoxy) is 1. The van der Waals surface area contributed by atoms with Gasteiger partial charge in [0.05, 0.1) is 17.7 Å². The fourth-order valence-corrected chi connectivity index (χ4v) is 4.22. The molecule has 0 N–H and O–H groups in total. The van der Waals surface area contributed by atoms with Gasteiger partial charge in [0.25, 0.3) is 0 Å². The van der Waals surface area contributed by atoms with E-state index in [2.05, 4.69) is 53.7 Å². The van der Waals surface area contributed by atoms with Gasteiger partial charge in [0.15, 0.2) is 0 Å². The predicted molar refractivity (Wildman–Crippen MR) is 111 cm³/mol. The van der Waals surface area contributed by atoms with Crippen molar-refractivity contribution in [3.05, 3.63) is 35.1 Å². The number of nitrogens with zero attached hydrogens (tertiary/aromatic N) is 6. The molecular formula is C19H25BrN6O. The summed E-state index contributed by atoms with van der Waals surface area (Å²) in [7, 11) is 2.13. The summed E-state index contributed by atoms with van der Waals surface area (Å²) < 4.78 is 6.48. The van der Waals surface area contributed by atoms with Gasteiger partial charge >= 0.3 is 0 Å². The first-order chi connectivity index (χ1) is 13.2. The van der Waals surface area contributed by atoms with Crippen molar-refractivity contribution in [2.45, 2.75) is 18.9 Å². The Balaban J connectivity index is 1.49. The second kappa shape index (κ2) is 8.39. The van der Waals surface area contributed by atoms with Crippen molar-refractivity contribution in [1.29, 1.82) is 0 Å². The lowest BCUT2D eigenvalue weighted by Crippen LogP contribution is -2.47. The standard InChI is InChI=1S/C19H25BrN6O/c1-24(17-6-8-22-19(23-17)25-10-12-27-13-11-25)15-4-3-9-26(14-15)18-16(20)5-2-7-21-18/h2,5-8,15H,3-4,9-14H2,1H3. The van der Waals surface area contributed by atoms with Gasteiger partial charge < -0.3 is 19.4 Å². The zero-order valence-corrected chi connectivity index (χ0v) is 17.2. The number of aromatic nitrogens is 3. The fraction of sp³-hybridized carbons (Fsp3) is 0.526. The van der Waals surface area contributed by atoms with Gasteiger partial charge in [-0.2, -0.15) is 4.98 Å². The number of anilines is 3. The number of hydrogen-bond donors (Lipinski definition) is 0. The van der Waals surface area contributed by atoms with Crippen molar-refractivity contribution >= 4 is 33.5 Å². The molecule has 2 aliphatic heterocycles. The van der Waals surface area contributed by atoms with Gasteiger partial charge in [0.1, 0.15) is 11.6 Å². The molecule has 4 heterocycles. The number of likely N-dealkylation sites (N-methyl/N-ethyl adjacent to an activating group) is 1. The van der Waals surface area contributed by atoms with Crippen LogP contribution in [0.25, 0.3) is 0 Å². The first kappa shape index (κ1) is 18.4. The topological polar surface area (TPSA) is 57.6 Å². The third-order valence-electron chi connectivity index (χ3n) is 5.27. The maximum atomic E-state index is 5.43. The summed E-state index contributed by atoms with van der Waals surface area (Å²) in [5.41, 5.74) is 0. The highest BCUT2D eigenvalue weighted by molar-refractivity contribution is 9.10. The molecule has 7 nitrogen and oxygen atoms in total. The van der Waals surface area contributed by atoms with E-state index < -0.39 is 0 Å². The van der Waals surface area contributed by atoms with E-state index in [1.807, 2.05) is 24.5 Å². The van der Waals surface area contributed by atoms with Crippen molar-refractivity contribution in [1.82, 2.24) is 15.0 Å². The molecule has 2 aliphatic rings. The van der Waals surface area contributed by atoms with Crippen molar-refractivity contribution in [3.8, 4) is 0 Å². The van der Waals surface area contributed by atoms with Gasteiger partial charge in [-0.05, 0) is 47.0 Å². The Hall–Kier alpha value is -1.93. The lowest BCUT2D eigenvalue weighted by molar-refractivity contribution is 0.122. The van der Waals surface area contributed by atoms with Crippen LogP contribution in [0.1, 0.15) is 12.8 Å².